The molecular weight excluding hydrogens is 251 g/mol. The molecule has 0 saturated heterocycles. The summed E-state index contributed by atoms with van der Waals surface area (Å²) in [4.78, 5) is 3.86. The van der Waals surface area contributed by atoms with Crippen LogP contribution in [0.15, 0.2) is 23.4 Å². The molecule has 0 aliphatic rings. The third-order valence-corrected chi connectivity index (χ3v) is 1.95. The zero-order chi connectivity index (χ0) is 13.6. The second-order valence-corrected chi connectivity index (χ2v) is 3.41. The molecule has 3 N–H and O–H groups in total. The summed E-state index contributed by atoms with van der Waals surface area (Å²) in [5, 5.41) is 11.2. The number of oxime groups is 1. The molecule has 1 aromatic rings. The molecule has 1 rings (SSSR count). The molecule has 0 saturated carbocycles. The number of ether oxygens (including phenoxy) is 1. The maximum absolute atomic E-state index is 11.9. The van der Waals surface area contributed by atoms with E-state index in [0.29, 0.717) is 0 Å². The van der Waals surface area contributed by atoms with E-state index in [1.807, 2.05) is 0 Å². The fraction of sp³-hybridized carbons (Fsp3) is 0.400. The first-order chi connectivity index (χ1) is 8.42. The molecule has 0 aromatic carbocycles. The van der Waals surface area contributed by atoms with Crippen LogP contribution in [0.3, 0.4) is 0 Å². The highest BCUT2D eigenvalue weighted by atomic mass is 19.4. The quantitative estimate of drug-likeness (QED) is 0.279. The zero-order valence-corrected chi connectivity index (χ0v) is 9.31. The Kier molecular flexibility index (Phi) is 4.75. The lowest BCUT2D eigenvalue weighted by molar-refractivity contribution is -0.136. The largest absolute Gasteiger partial charge is 0.478 e. The summed E-state index contributed by atoms with van der Waals surface area (Å²) in [6.07, 6.45) is -5.25. The van der Waals surface area contributed by atoms with Gasteiger partial charge in [-0.2, -0.15) is 13.2 Å². The van der Waals surface area contributed by atoms with E-state index in [0.717, 1.165) is 0 Å². The van der Waals surface area contributed by atoms with Crippen LogP contribution >= 0.6 is 0 Å². The van der Waals surface area contributed by atoms with Gasteiger partial charge in [0, 0.05) is 12.5 Å². The van der Waals surface area contributed by atoms with Crippen LogP contribution in [0.1, 0.15) is 18.5 Å². The summed E-state index contributed by atoms with van der Waals surface area (Å²) in [6.45, 7) is -0.105. The molecule has 0 atom stereocenters. The predicted molar refractivity (Wildman–Crippen MR) is 57.5 cm³/mol. The van der Waals surface area contributed by atoms with Crippen molar-refractivity contribution < 1.29 is 23.1 Å². The molecule has 0 fully saturated rings. The minimum absolute atomic E-state index is 0.105. The minimum Gasteiger partial charge on any atom is -0.478 e. The van der Waals surface area contributed by atoms with Crippen molar-refractivity contribution in [2.24, 2.45) is 10.9 Å². The van der Waals surface area contributed by atoms with Crippen molar-refractivity contribution in [3.8, 4) is 5.88 Å². The van der Waals surface area contributed by atoms with E-state index in [9.17, 15) is 13.2 Å². The highest BCUT2D eigenvalue weighted by molar-refractivity contribution is 5.95. The lowest BCUT2D eigenvalue weighted by atomic mass is 10.3. The van der Waals surface area contributed by atoms with E-state index in [1.54, 1.807) is 6.07 Å². The molecule has 0 amide bonds. The molecular formula is C10H12F3N3O2. The van der Waals surface area contributed by atoms with Crippen molar-refractivity contribution in [3.63, 3.8) is 0 Å². The van der Waals surface area contributed by atoms with Crippen LogP contribution < -0.4 is 10.5 Å². The number of hydrogen-bond acceptors (Lipinski definition) is 4. The number of amidine groups is 1. The van der Waals surface area contributed by atoms with Crippen LogP contribution in [0.2, 0.25) is 0 Å². The van der Waals surface area contributed by atoms with E-state index in [1.165, 1.54) is 12.1 Å². The van der Waals surface area contributed by atoms with Gasteiger partial charge in [0.15, 0.2) is 5.84 Å². The Hall–Kier alpha value is -1.99. The number of halogens is 3. The highest BCUT2D eigenvalue weighted by Gasteiger charge is 2.26. The van der Waals surface area contributed by atoms with E-state index in [4.69, 9.17) is 15.7 Å². The molecule has 0 bridgehead atoms. The first-order valence-corrected chi connectivity index (χ1v) is 5.07. The van der Waals surface area contributed by atoms with E-state index in [2.05, 4.69) is 10.1 Å². The molecule has 0 spiro atoms. The van der Waals surface area contributed by atoms with Crippen molar-refractivity contribution >= 4 is 5.84 Å². The zero-order valence-electron chi connectivity index (χ0n) is 9.31. The van der Waals surface area contributed by atoms with Gasteiger partial charge in [0.25, 0.3) is 0 Å². The van der Waals surface area contributed by atoms with Crippen LogP contribution in [-0.4, -0.2) is 28.8 Å². The Morgan fingerprint density at radius 2 is 2.17 bits per heavy atom. The smallest absolute Gasteiger partial charge is 0.389 e. The monoisotopic (exact) mass is 263 g/mol. The first kappa shape index (κ1) is 14.1. The van der Waals surface area contributed by atoms with Crippen molar-refractivity contribution in [3.05, 3.63) is 23.9 Å². The second kappa shape index (κ2) is 6.08. The van der Waals surface area contributed by atoms with Crippen LogP contribution in [0.5, 0.6) is 5.88 Å². The number of hydrogen-bond donors (Lipinski definition) is 2. The summed E-state index contributed by atoms with van der Waals surface area (Å²) in [5.74, 6) is -0.0722. The van der Waals surface area contributed by atoms with Gasteiger partial charge in [0.2, 0.25) is 5.88 Å². The third-order valence-electron chi connectivity index (χ3n) is 1.95. The number of pyridine rings is 1. The molecule has 5 nitrogen and oxygen atoms in total. The van der Waals surface area contributed by atoms with Crippen molar-refractivity contribution in [1.29, 1.82) is 0 Å². The Morgan fingerprint density at radius 1 is 1.44 bits per heavy atom. The molecule has 1 heterocycles. The Morgan fingerprint density at radius 3 is 2.78 bits per heavy atom. The molecule has 0 unspecified atom stereocenters. The number of nitrogens with zero attached hydrogens (tertiary/aromatic N) is 2. The molecule has 100 valence electrons. The predicted octanol–water partition coefficient (Wildman–Crippen LogP) is 1.90. The minimum atomic E-state index is -4.19. The number of alkyl halides is 3. The molecule has 8 heteroatoms. The first-order valence-electron chi connectivity index (χ1n) is 5.07. The van der Waals surface area contributed by atoms with Gasteiger partial charge in [0.1, 0.15) is 5.69 Å². The molecule has 18 heavy (non-hydrogen) atoms. The Balaban J connectivity index is 2.48. The standard InChI is InChI=1S/C10H12F3N3O2/c11-10(12,13)5-2-6-18-8-4-1-3-7(15-8)9(14)16-17/h1,3-4,17H,2,5-6H2,(H2,14,16). The van der Waals surface area contributed by atoms with Crippen molar-refractivity contribution in [2.45, 2.75) is 19.0 Å². The Bertz CT molecular complexity index is 421. The van der Waals surface area contributed by atoms with Crippen molar-refractivity contribution in [2.75, 3.05) is 6.61 Å². The summed E-state index contributed by atoms with van der Waals surface area (Å²) in [7, 11) is 0. The maximum Gasteiger partial charge on any atom is 0.389 e. The van der Waals surface area contributed by atoms with Gasteiger partial charge in [-0.05, 0) is 12.5 Å². The lowest BCUT2D eigenvalue weighted by Crippen LogP contribution is -2.15. The van der Waals surface area contributed by atoms with E-state index >= 15 is 0 Å². The summed E-state index contributed by atoms with van der Waals surface area (Å²) < 4.78 is 40.6. The van der Waals surface area contributed by atoms with Gasteiger partial charge in [-0.15, -0.1) is 0 Å². The summed E-state index contributed by atoms with van der Waals surface area (Å²) in [5.41, 5.74) is 5.49. The number of nitrogens with two attached hydrogens (primary N) is 1. The summed E-state index contributed by atoms with van der Waals surface area (Å²) >= 11 is 0. The highest BCUT2D eigenvalue weighted by Crippen LogP contribution is 2.21. The average molecular weight is 263 g/mol. The second-order valence-electron chi connectivity index (χ2n) is 3.41. The third kappa shape index (κ3) is 4.89. The molecule has 0 aliphatic carbocycles. The van der Waals surface area contributed by atoms with E-state index < -0.39 is 12.6 Å². The fourth-order valence-electron chi connectivity index (χ4n) is 1.14. The van der Waals surface area contributed by atoms with Gasteiger partial charge in [-0.25, -0.2) is 4.98 Å². The average Bonchev–Trinajstić information content (AvgIpc) is 2.33. The molecule has 0 radical (unpaired) electrons. The van der Waals surface area contributed by atoms with Gasteiger partial charge in [-0.3, -0.25) is 0 Å². The van der Waals surface area contributed by atoms with Gasteiger partial charge < -0.3 is 15.7 Å². The normalized spacial score (nSPS) is 12.5. The topological polar surface area (TPSA) is 80.7 Å². The fourth-order valence-corrected chi connectivity index (χ4v) is 1.14. The van der Waals surface area contributed by atoms with Crippen molar-refractivity contribution in [1.82, 2.24) is 4.98 Å². The SMILES string of the molecule is N/C(=N/O)c1cccc(OCCCC(F)(F)F)n1. The van der Waals surface area contributed by atoms with Gasteiger partial charge in [0.05, 0.1) is 6.61 Å². The van der Waals surface area contributed by atoms with E-state index in [-0.39, 0.29) is 30.4 Å². The van der Waals surface area contributed by atoms with Gasteiger partial charge >= 0.3 is 6.18 Å². The van der Waals surface area contributed by atoms with Crippen LogP contribution in [-0.2, 0) is 0 Å². The summed E-state index contributed by atoms with van der Waals surface area (Å²) in [6, 6.07) is 4.50. The molecule has 1 aromatic heterocycles. The molecule has 0 aliphatic heterocycles. The van der Waals surface area contributed by atoms with Crippen LogP contribution in [0.25, 0.3) is 0 Å². The van der Waals surface area contributed by atoms with Crippen LogP contribution in [0.4, 0.5) is 13.2 Å². The van der Waals surface area contributed by atoms with Crippen LogP contribution in [0, 0.1) is 0 Å². The lowest BCUT2D eigenvalue weighted by Gasteiger charge is -2.08. The maximum atomic E-state index is 11.9. The van der Waals surface area contributed by atoms with Gasteiger partial charge in [-0.1, -0.05) is 11.2 Å². The Labute approximate surface area is 101 Å². The number of aromatic nitrogens is 1. The number of rotatable bonds is 5.